The summed E-state index contributed by atoms with van der Waals surface area (Å²) in [6, 6.07) is 6.95. The first-order valence-electron chi connectivity index (χ1n) is 6.86. The van der Waals surface area contributed by atoms with Gasteiger partial charge in [-0.05, 0) is 42.6 Å². The predicted octanol–water partition coefficient (Wildman–Crippen LogP) is 2.40. The van der Waals surface area contributed by atoms with Crippen molar-refractivity contribution in [2.75, 3.05) is 26.8 Å². The van der Waals surface area contributed by atoms with Crippen molar-refractivity contribution >= 4 is 0 Å². The molecule has 0 amide bonds. The topological polar surface area (TPSA) is 21.7 Å². The van der Waals surface area contributed by atoms with Crippen LogP contribution in [0.5, 0.6) is 5.75 Å². The number of morpholine rings is 1. The first-order valence-corrected chi connectivity index (χ1v) is 6.86. The van der Waals surface area contributed by atoms with E-state index in [-0.39, 0.29) is 6.10 Å². The maximum atomic E-state index is 6.04. The van der Waals surface area contributed by atoms with Crippen LogP contribution >= 0.6 is 0 Å². The van der Waals surface area contributed by atoms with Crippen LogP contribution in [0.1, 0.15) is 30.6 Å². The van der Waals surface area contributed by atoms with Gasteiger partial charge in [0.25, 0.3) is 0 Å². The number of fused-ring (bicyclic) bond motifs is 3. The van der Waals surface area contributed by atoms with Gasteiger partial charge in [-0.15, -0.1) is 0 Å². The third-order valence-electron chi connectivity index (χ3n) is 4.27. The van der Waals surface area contributed by atoms with E-state index >= 15 is 0 Å². The van der Waals surface area contributed by atoms with Crippen molar-refractivity contribution in [2.24, 2.45) is 0 Å². The van der Waals surface area contributed by atoms with Crippen molar-refractivity contribution in [3.63, 3.8) is 0 Å². The molecule has 1 aromatic carbocycles. The monoisotopic (exact) mass is 247 g/mol. The van der Waals surface area contributed by atoms with E-state index < -0.39 is 0 Å². The molecular formula is C15H21NO2. The molecule has 0 aromatic heterocycles. The van der Waals surface area contributed by atoms with Crippen molar-refractivity contribution < 1.29 is 9.47 Å². The second-order valence-corrected chi connectivity index (χ2v) is 5.09. The fourth-order valence-corrected chi connectivity index (χ4v) is 3.28. The molecule has 0 radical (unpaired) electrons. The van der Waals surface area contributed by atoms with Gasteiger partial charge < -0.3 is 9.47 Å². The number of hydrogen-bond acceptors (Lipinski definition) is 3. The second-order valence-electron chi connectivity index (χ2n) is 5.09. The van der Waals surface area contributed by atoms with E-state index in [1.165, 1.54) is 17.5 Å². The summed E-state index contributed by atoms with van der Waals surface area (Å²) >= 11 is 0. The molecule has 18 heavy (non-hydrogen) atoms. The molecule has 1 aliphatic heterocycles. The summed E-state index contributed by atoms with van der Waals surface area (Å²) in [5, 5.41) is 0. The third kappa shape index (κ3) is 1.91. The Morgan fingerprint density at radius 2 is 2.33 bits per heavy atom. The first kappa shape index (κ1) is 12.0. The number of likely N-dealkylation sites (N-methyl/N-ethyl adjacent to an activating group) is 1. The number of rotatable bonds is 2. The lowest BCUT2D eigenvalue weighted by molar-refractivity contribution is -0.0784. The zero-order valence-corrected chi connectivity index (χ0v) is 11.2. The van der Waals surface area contributed by atoms with Gasteiger partial charge in [-0.1, -0.05) is 13.0 Å². The fourth-order valence-electron chi connectivity index (χ4n) is 3.28. The second kappa shape index (κ2) is 4.90. The lowest BCUT2D eigenvalue weighted by Crippen LogP contribution is -2.48. The number of benzene rings is 1. The number of aryl methyl sites for hydroxylation is 1. The highest BCUT2D eigenvalue weighted by Crippen LogP contribution is 2.39. The number of hydrogen-bond donors (Lipinski definition) is 0. The SMILES string of the molecule is CCN1CCO[C@@H]2c3cc(OC)ccc3CC[C@H]21. The minimum atomic E-state index is 0.234. The summed E-state index contributed by atoms with van der Waals surface area (Å²) in [6.45, 7) is 5.26. The first-order chi connectivity index (χ1) is 8.83. The lowest BCUT2D eigenvalue weighted by Gasteiger charge is -2.44. The van der Waals surface area contributed by atoms with E-state index in [9.17, 15) is 0 Å². The van der Waals surface area contributed by atoms with Gasteiger partial charge in [-0.2, -0.15) is 0 Å². The van der Waals surface area contributed by atoms with Crippen molar-refractivity contribution in [1.29, 1.82) is 0 Å². The smallest absolute Gasteiger partial charge is 0.119 e. The zero-order chi connectivity index (χ0) is 12.5. The molecule has 1 saturated heterocycles. The van der Waals surface area contributed by atoms with Gasteiger partial charge in [0.1, 0.15) is 5.75 Å². The van der Waals surface area contributed by atoms with Crippen molar-refractivity contribution in [3.05, 3.63) is 29.3 Å². The molecule has 0 unspecified atom stereocenters. The molecule has 2 atom stereocenters. The van der Waals surface area contributed by atoms with E-state index in [2.05, 4.69) is 30.0 Å². The molecule has 3 heteroatoms. The molecule has 0 bridgehead atoms. The van der Waals surface area contributed by atoms with E-state index in [1.807, 2.05) is 0 Å². The highest BCUT2D eigenvalue weighted by atomic mass is 16.5. The Kier molecular flexibility index (Phi) is 3.27. The van der Waals surface area contributed by atoms with Gasteiger partial charge in [-0.25, -0.2) is 0 Å². The van der Waals surface area contributed by atoms with Crippen LogP contribution in [0.3, 0.4) is 0 Å². The Morgan fingerprint density at radius 1 is 1.44 bits per heavy atom. The zero-order valence-electron chi connectivity index (χ0n) is 11.2. The summed E-state index contributed by atoms with van der Waals surface area (Å²) in [6.07, 6.45) is 2.59. The molecule has 3 nitrogen and oxygen atoms in total. The van der Waals surface area contributed by atoms with Crippen LogP contribution in [-0.2, 0) is 11.2 Å². The summed E-state index contributed by atoms with van der Waals surface area (Å²) in [7, 11) is 1.72. The average molecular weight is 247 g/mol. The predicted molar refractivity (Wildman–Crippen MR) is 71.0 cm³/mol. The van der Waals surface area contributed by atoms with E-state index in [0.717, 1.165) is 31.9 Å². The molecule has 3 rings (SSSR count). The quantitative estimate of drug-likeness (QED) is 0.801. The maximum absolute atomic E-state index is 6.04. The molecule has 1 heterocycles. The van der Waals surface area contributed by atoms with Crippen LogP contribution in [0.15, 0.2) is 18.2 Å². The average Bonchev–Trinajstić information content (AvgIpc) is 2.45. The van der Waals surface area contributed by atoms with Gasteiger partial charge in [0.2, 0.25) is 0 Å². The molecule has 0 saturated carbocycles. The third-order valence-corrected chi connectivity index (χ3v) is 4.27. The maximum Gasteiger partial charge on any atom is 0.119 e. The highest BCUT2D eigenvalue weighted by Gasteiger charge is 2.36. The van der Waals surface area contributed by atoms with Crippen LogP contribution in [-0.4, -0.2) is 37.7 Å². The normalized spacial score (nSPS) is 27.4. The Morgan fingerprint density at radius 3 is 3.11 bits per heavy atom. The van der Waals surface area contributed by atoms with Crippen molar-refractivity contribution in [2.45, 2.75) is 31.9 Å². The number of nitrogens with zero attached hydrogens (tertiary/aromatic N) is 1. The molecule has 1 aromatic rings. The van der Waals surface area contributed by atoms with Crippen LogP contribution in [0, 0.1) is 0 Å². The van der Waals surface area contributed by atoms with Crippen LogP contribution in [0.2, 0.25) is 0 Å². The Hall–Kier alpha value is -1.06. The minimum absolute atomic E-state index is 0.234. The fraction of sp³-hybridized carbons (Fsp3) is 0.600. The number of methoxy groups -OCH3 is 1. The van der Waals surface area contributed by atoms with Crippen molar-refractivity contribution in [3.8, 4) is 5.75 Å². The van der Waals surface area contributed by atoms with Crippen LogP contribution < -0.4 is 4.74 Å². The van der Waals surface area contributed by atoms with Gasteiger partial charge in [-0.3, -0.25) is 4.90 Å². The molecule has 2 aliphatic rings. The van der Waals surface area contributed by atoms with Crippen LogP contribution in [0.25, 0.3) is 0 Å². The summed E-state index contributed by atoms with van der Waals surface area (Å²) in [4.78, 5) is 2.55. The molecular weight excluding hydrogens is 226 g/mol. The standard InChI is InChI=1S/C15H21NO2/c1-3-16-8-9-18-15-13-10-12(17-2)6-4-11(13)5-7-14(15)16/h4,6,10,14-15H,3,5,7-9H2,1-2H3/t14-,15-/m1/s1. The Labute approximate surface area is 109 Å². The Balaban J connectivity index is 1.95. The van der Waals surface area contributed by atoms with Crippen molar-refractivity contribution in [1.82, 2.24) is 4.90 Å². The Bertz CT molecular complexity index is 433. The van der Waals surface area contributed by atoms with E-state index in [0.29, 0.717) is 6.04 Å². The summed E-state index contributed by atoms with van der Waals surface area (Å²) in [5.74, 6) is 0.937. The summed E-state index contributed by atoms with van der Waals surface area (Å²) < 4.78 is 11.4. The van der Waals surface area contributed by atoms with Gasteiger partial charge in [0, 0.05) is 12.6 Å². The highest BCUT2D eigenvalue weighted by molar-refractivity contribution is 5.40. The molecule has 1 fully saturated rings. The molecule has 0 spiro atoms. The van der Waals surface area contributed by atoms with Gasteiger partial charge >= 0.3 is 0 Å². The van der Waals surface area contributed by atoms with Gasteiger partial charge in [0.15, 0.2) is 0 Å². The molecule has 98 valence electrons. The van der Waals surface area contributed by atoms with Crippen LogP contribution in [0.4, 0.5) is 0 Å². The summed E-state index contributed by atoms with van der Waals surface area (Å²) in [5.41, 5.74) is 2.76. The van der Waals surface area contributed by atoms with Gasteiger partial charge in [0.05, 0.1) is 19.8 Å². The molecule has 0 N–H and O–H groups in total. The lowest BCUT2D eigenvalue weighted by atomic mass is 9.84. The number of ether oxygens (including phenoxy) is 2. The van der Waals surface area contributed by atoms with E-state index in [4.69, 9.17) is 9.47 Å². The minimum Gasteiger partial charge on any atom is -0.497 e. The van der Waals surface area contributed by atoms with E-state index in [1.54, 1.807) is 7.11 Å². The molecule has 1 aliphatic carbocycles. The largest absolute Gasteiger partial charge is 0.497 e.